The molecule has 29 heavy (non-hydrogen) atoms. The van der Waals surface area contributed by atoms with E-state index in [9.17, 15) is 4.39 Å². The van der Waals surface area contributed by atoms with Crippen LogP contribution in [-0.4, -0.2) is 37.1 Å². The normalized spacial score (nSPS) is 24.0. The van der Waals surface area contributed by atoms with Crippen LogP contribution in [0.4, 0.5) is 4.39 Å². The van der Waals surface area contributed by atoms with Crippen LogP contribution in [0.25, 0.3) is 22.6 Å². The lowest BCUT2D eigenvalue weighted by atomic mass is 9.60. The summed E-state index contributed by atoms with van der Waals surface area (Å²) in [6.07, 6.45) is 9.36. The van der Waals surface area contributed by atoms with Gasteiger partial charge in [0.05, 0.1) is 23.3 Å². The fraction of sp³-hybridized carbons (Fsp3) is 0.409. The van der Waals surface area contributed by atoms with Crippen LogP contribution in [0.5, 0.6) is 0 Å². The van der Waals surface area contributed by atoms with Crippen molar-refractivity contribution in [1.82, 2.24) is 29.3 Å². The second kappa shape index (κ2) is 5.86. The molecular formula is C22H23FN6. The number of hydrogen-bond acceptors (Lipinski definition) is 4. The van der Waals surface area contributed by atoms with Gasteiger partial charge in [0, 0.05) is 30.4 Å². The van der Waals surface area contributed by atoms with E-state index in [4.69, 9.17) is 0 Å². The highest BCUT2D eigenvalue weighted by Crippen LogP contribution is 2.54. The number of nitrogens with one attached hydrogen (secondary N) is 1. The van der Waals surface area contributed by atoms with Gasteiger partial charge in [-0.05, 0) is 62.8 Å². The van der Waals surface area contributed by atoms with E-state index < -0.39 is 0 Å². The molecule has 0 atom stereocenters. The van der Waals surface area contributed by atoms with Crippen LogP contribution in [0.3, 0.4) is 0 Å². The Bertz CT molecular complexity index is 1260. The SMILES string of the molecule is Cc1cn2nc(-c3cc(F)c4nc([C@H]5C[C@@]6(CCNC6)C5)cn4c3)cc(C)c2n1. The average molecular weight is 390 g/mol. The zero-order valence-corrected chi connectivity index (χ0v) is 16.6. The highest BCUT2D eigenvalue weighted by molar-refractivity contribution is 5.64. The predicted octanol–water partition coefficient (Wildman–Crippen LogP) is 3.66. The van der Waals surface area contributed by atoms with E-state index >= 15 is 0 Å². The standard InChI is InChI=1S/C22H23FN6/c1-13-5-18(27-29-9-14(2)25-20(13)29)15-6-17(23)21-26-19(11-28(21)10-15)16-7-22(8-16)3-4-24-12-22/h5-6,9-11,16,24H,3-4,7-8,12H2,1-2H3/t16-,22-. The first-order valence-corrected chi connectivity index (χ1v) is 10.2. The first-order chi connectivity index (χ1) is 14.0. The van der Waals surface area contributed by atoms with Crippen molar-refractivity contribution in [3.05, 3.63) is 53.5 Å². The molecule has 1 N–H and O–H groups in total. The zero-order valence-electron chi connectivity index (χ0n) is 16.6. The van der Waals surface area contributed by atoms with Crippen LogP contribution in [0.2, 0.25) is 0 Å². The quantitative estimate of drug-likeness (QED) is 0.568. The van der Waals surface area contributed by atoms with Gasteiger partial charge in [0.2, 0.25) is 0 Å². The minimum absolute atomic E-state index is 0.313. The molecule has 4 aromatic rings. The van der Waals surface area contributed by atoms with Crippen molar-refractivity contribution in [2.75, 3.05) is 13.1 Å². The molecule has 1 spiro atoms. The topological polar surface area (TPSA) is 59.5 Å². The van der Waals surface area contributed by atoms with E-state index in [1.165, 1.54) is 12.5 Å². The molecule has 0 aromatic carbocycles. The zero-order chi connectivity index (χ0) is 19.8. The third kappa shape index (κ3) is 2.60. The molecule has 1 aliphatic heterocycles. The maximum absolute atomic E-state index is 14.9. The van der Waals surface area contributed by atoms with Gasteiger partial charge in [-0.3, -0.25) is 0 Å². The van der Waals surface area contributed by atoms with Crippen LogP contribution in [0, 0.1) is 25.1 Å². The summed E-state index contributed by atoms with van der Waals surface area (Å²) in [7, 11) is 0. The molecule has 6 rings (SSSR count). The fourth-order valence-corrected chi connectivity index (χ4v) is 5.14. The summed E-state index contributed by atoms with van der Waals surface area (Å²) in [4.78, 5) is 9.12. The van der Waals surface area contributed by atoms with Gasteiger partial charge >= 0.3 is 0 Å². The lowest BCUT2D eigenvalue weighted by Gasteiger charge is -2.44. The number of aryl methyl sites for hydroxylation is 2. The molecule has 2 aliphatic rings. The van der Waals surface area contributed by atoms with Gasteiger partial charge in [-0.1, -0.05) is 0 Å². The predicted molar refractivity (Wildman–Crippen MR) is 108 cm³/mol. The molecule has 0 amide bonds. The summed E-state index contributed by atoms with van der Waals surface area (Å²) < 4.78 is 18.5. The smallest absolute Gasteiger partial charge is 0.173 e. The summed E-state index contributed by atoms with van der Waals surface area (Å²) in [6, 6.07) is 3.50. The first-order valence-electron chi connectivity index (χ1n) is 10.2. The molecule has 1 aliphatic carbocycles. The van der Waals surface area contributed by atoms with Gasteiger partial charge in [0.15, 0.2) is 17.1 Å². The molecule has 5 heterocycles. The van der Waals surface area contributed by atoms with E-state index in [0.29, 0.717) is 17.0 Å². The molecule has 1 saturated carbocycles. The Morgan fingerprint density at radius 2 is 1.97 bits per heavy atom. The molecule has 1 saturated heterocycles. The highest BCUT2D eigenvalue weighted by atomic mass is 19.1. The molecule has 4 aromatic heterocycles. The van der Waals surface area contributed by atoms with Crippen LogP contribution >= 0.6 is 0 Å². The number of nitrogens with zero attached hydrogens (tertiary/aromatic N) is 5. The Morgan fingerprint density at radius 1 is 1.10 bits per heavy atom. The Morgan fingerprint density at radius 3 is 2.76 bits per heavy atom. The largest absolute Gasteiger partial charge is 0.316 e. The summed E-state index contributed by atoms with van der Waals surface area (Å²) >= 11 is 0. The second-order valence-electron chi connectivity index (χ2n) is 8.87. The van der Waals surface area contributed by atoms with Gasteiger partial charge in [-0.25, -0.2) is 18.9 Å². The van der Waals surface area contributed by atoms with Gasteiger partial charge in [0.1, 0.15) is 0 Å². The van der Waals surface area contributed by atoms with Gasteiger partial charge in [-0.15, -0.1) is 0 Å². The van der Waals surface area contributed by atoms with Crippen molar-refractivity contribution in [3.63, 3.8) is 0 Å². The van der Waals surface area contributed by atoms with E-state index in [1.807, 2.05) is 42.9 Å². The first kappa shape index (κ1) is 17.1. The van der Waals surface area contributed by atoms with Crippen molar-refractivity contribution in [1.29, 1.82) is 0 Å². The summed E-state index contributed by atoms with van der Waals surface area (Å²) in [5.41, 5.74) is 6.06. The number of fused-ring (bicyclic) bond motifs is 2. The Balaban J connectivity index is 1.38. The van der Waals surface area contributed by atoms with Crippen LogP contribution in [0.15, 0.2) is 30.7 Å². The molecule has 148 valence electrons. The summed E-state index contributed by atoms with van der Waals surface area (Å²) in [5.74, 6) is 0.120. The molecule has 7 heteroatoms. The number of imidazole rings is 2. The lowest BCUT2D eigenvalue weighted by molar-refractivity contribution is 0.125. The molecule has 0 unspecified atom stereocenters. The van der Waals surface area contributed by atoms with Crippen LogP contribution in [-0.2, 0) is 0 Å². The minimum Gasteiger partial charge on any atom is -0.316 e. The summed E-state index contributed by atoms with van der Waals surface area (Å²) in [6.45, 7) is 6.17. The van der Waals surface area contributed by atoms with Gasteiger partial charge in [-0.2, -0.15) is 5.10 Å². The number of aromatic nitrogens is 5. The molecule has 6 nitrogen and oxygen atoms in total. The van der Waals surface area contributed by atoms with Crippen LogP contribution in [0.1, 0.15) is 42.1 Å². The molecular weight excluding hydrogens is 367 g/mol. The van der Waals surface area contributed by atoms with Crippen molar-refractivity contribution < 1.29 is 4.39 Å². The third-order valence-corrected chi connectivity index (χ3v) is 6.66. The van der Waals surface area contributed by atoms with Crippen molar-refractivity contribution in [2.45, 2.75) is 39.0 Å². The Kier molecular flexibility index (Phi) is 3.45. The minimum atomic E-state index is -0.313. The van der Waals surface area contributed by atoms with Gasteiger partial charge in [0.25, 0.3) is 0 Å². The van der Waals surface area contributed by atoms with Crippen LogP contribution < -0.4 is 5.32 Å². The molecule has 0 bridgehead atoms. The van der Waals surface area contributed by atoms with Gasteiger partial charge < -0.3 is 9.72 Å². The molecule has 0 radical (unpaired) electrons. The van der Waals surface area contributed by atoms with Crippen molar-refractivity contribution >= 4 is 11.3 Å². The van der Waals surface area contributed by atoms with E-state index in [2.05, 4.69) is 20.4 Å². The van der Waals surface area contributed by atoms with E-state index in [-0.39, 0.29) is 5.82 Å². The number of rotatable bonds is 2. The summed E-state index contributed by atoms with van der Waals surface area (Å²) in [5, 5.41) is 8.11. The third-order valence-electron chi connectivity index (χ3n) is 6.66. The van der Waals surface area contributed by atoms with Crippen molar-refractivity contribution in [2.24, 2.45) is 5.41 Å². The Labute approximate surface area is 167 Å². The van der Waals surface area contributed by atoms with E-state index in [1.54, 1.807) is 4.52 Å². The Hall–Kier alpha value is -2.80. The number of hydrogen-bond donors (Lipinski definition) is 1. The molecule has 2 fully saturated rings. The van der Waals surface area contributed by atoms with Crippen molar-refractivity contribution in [3.8, 4) is 11.3 Å². The maximum Gasteiger partial charge on any atom is 0.173 e. The monoisotopic (exact) mass is 390 g/mol. The number of halogens is 1. The maximum atomic E-state index is 14.9. The fourth-order valence-electron chi connectivity index (χ4n) is 5.14. The average Bonchev–Trinajstić information content (AvgIpc) is 3.37. The highest BCUT2D eigenvalue weighted by Gasteiger charge is 2.47. The van der Waals surface area contributed by atoms with E-state index in [0.717, 1.165) is 59.8 Å². The lowest BCUT2D eigenvalue weighted by Crippen LogP contribution is -2.37. The second-order valence-corrected chi connectivity index (χ2v) is 8.87. The number of pyridine rings is 1.